The highest BCUT2D eigenvalue weighted by Crippen LogP contribution is 2.30. The van der Waals surface area contributed by atoms with E-state index in [1.165, 1.54) is 0 Å². The summed E-state index contributed by atoms with van der Waals surface area (Å²) in [7, 11) is 3.94. The largest absolute Gasteiger partial charge is 0.306 e. The van der Waals surface area contributed by atoms with Gasteiger partial charge >= 0.3 is 0 Å². The highest BCUT2D eigenvalue weighted by atomic mass is 35.7. The summed E-state index contributed by atoms with van der Waals surface area (Å²) in [6.45, 7) is 2.05. The van der Waals surface area contributed by atoms with Gasteiger partial charge in [-0.05, 0) is 37.1 Å². The molecule has 1 aliphatic rings. The third kappa shape index (κ3) is 3.44. The molecule has 0 spiro atoms. The van der Waals surface area contributed by atoms with Crippen molar-refractivity contribution in [1.29, 1.82) is 0 Å². The average Bonchev–Trinajstić information content (AvgIpc) is 2.63. The van der Waals surface area contributed by atoms with Crippen LogP contribution < -0.4 is 0 Å². The van der Waals surface area contributed by atoms with Crippen molar-refractivity contribution in [3.8, 4) is 0 Å². The van der Waals surface area contributed by atoms with Crippen LogP contribution in [-0.4, -0.2) is 33.5 Å². The van der Waals surface area contributed by atoms with Crippen LogP contribution >= 0.6 is 10.7 Å². The molecule has 1 aromatic rings. The van der Waals surface area contributed by atoms with E-state index in [1.54, 1.807) is 0 Å². The number of likely N-dealkylation sites (tertiary alicyclic amines) is 1. The molecule has 1 saturated heterocycles. The van der Waals surface area contributed by atoms with Crippen molar-refractivity contribution in [2.75, 3.05) is 20.1 Å². The standard InChI is InChI=1S/C12H16ClNO2S/c1-14-7-6-10(8-14)12-5-3-2-4-11(12)9-17(13,15)16/h2-5,10H,6-9H2,1H3. The Morgan fingerprint density at radius 1 is 1.41 bits per heavy atom. The molecule has 0 aliphatic carbocycles. The van der Waals surface area contributed by atoms with Gasteiger partial charge in [-0.2, -0.15) is 0 Å². The zero-order chi connectivity index (χ0) is 12.5. The predicted octanol–water partition coefficient (Wildman–Crippen LogP) is 2.17. The third-order valence-corrected chi connectivity index (χ3v) is 4.20. The zero-order valence-corrected chi connectivity index (χ0v) is 11.3. The molecule has 3 nitrogen and oxygen atoms in total. The fourth-order valence-corrected chi connectivity index (χ4v) is 3.43. The number of nitrogens with zero attached hydrogens (tertiary/aromatic N) is 1. The van der Waals surface area contributed by atoms with Gasteiger partial charge in [0.2, 0.25) is 9.05 Å². The van der Waals surface area contributed by atoms with Crippen LogP contribution in [0.2, 0.25) is 0 Å². The number of hydrogen-bond acceptors (Lipinski definition) is 3. The maximum absolute atomic E-state index is 11.2. The summed E-state index contributed by atoms with van der Waals surface area (Å²) in [5, 5.41) is 0. The van der Waals surface area contributed by atoms with E-state index in [9.17, 15) is 8.42 Å². The first kappa shape index (κ1) is 12.9. The molecule has 94 valence electrons. The lowest BCUT2D eigenvalue weighted by atomic mass is 9.94. The highest BCUT2D eigenvalue weighted by Gasteiger charge is 2.24. The van der Waals surface area contributed by atoms with E-state index in [2.05, 4.69) is 11.9 Å². The quantitative estimate of drug-likeness (QED) is 0.792. The van der Waals surface area contributed by atoms with Crippen LogP contribution in [0.25, 0.3) is 0 Å². The lowest BCUT2D eigenvalue weighted by Crippen LogP contribution is -2.14. The van der Waals surface area contributed by atoms with Crippen LogP contribution in [0.4, 0.5) is 0 Å². The molecule has 0 amide bonds. The molecular weight excluding hydrogens is 258 g/mol. The number of halogens is 1. The molecule has 0 aromatic heterocycles. The smallest absolute Gasteiger partial charge is 0.236 e. The van der Waals surface area contributed by atoms with Gasteiger partial charge in [0.15, 0.2) is 0 Å². The summed E-state index contributed by atoms with van der Waals surface area (Å²) in [4.78, 5) is 2.26. The first-order valence-electron chi connectivity index (χ1n) is 5.64. The topological polar surface area (TPSA) is 37.4 Å². The molecule has 1 unspecified atom stereocenters. The van der Waals surface area contributed by atoms with E-state index >= 15 is 0 Å². The minimum atomic E-state index is -3.48. The van der Waals surface area contributed by atoms with E-state index in [4.69, 9.17) is 10.7 Å². The Balaban J connectivity index is 2.28. The van der Waals surface area contributed by atoms with Crippen molar-refractivity contribution in [2.24, 2.45) is 0 Å². The molecule has 1 atom stereocenters. The first-order valence-corrected chi connectivity index (χ1v) is 8.12. The lowest BCUT2D eigenvalue weighted by Gasteiger charge is -2.14. The van der Waals surface area contributed by atoms with Gasteiger partial charge in [-0.1, -0.05) is 24.3 Å². The number of hydrogen-bond donors (Lipinski definition) is 0. The molecule has 2 rings (SSSR count). The molecule has 1 fully saturated rings. The fraction of sp³-hybridized carbons (Fsp3) is 0.500. The second-order valence-corrected chi connectivity index (χ2v) is 7.41. The first-order chi connectivity index (χ1) is 7.96. The summed E-state index contributed by atoms with van der Waals surface area (Å²) in [5.74, 6) is 0.347. The van der Waals surface area contributed by atoms with Crippen LogP contribution in [0.5, 0.6) is 0 Å². The maximum Gasteiger partial charge on any atom is 0.236 e. The molecule has 0 N–H and O–H groups in total. The van der Waals surface area contributed by atoms with Crippen LogP contribution in [-0.2, 0) is 14.8 Å². The Labute approximate surface area is 107 Å². The van der Waals surface area contributed by atoms with Gasteiger partial charge in [0.25, 0.3) is 0 Å². The normalized spacial score (nSPS) is 21.9. The molecule has 1 aliphatic heterocycles. The van der Waals surface area contributed by atoms with Crippen molar-refractivity contribution in [2.45, 2.75) is 18.1 Å². The molecule has 1 aromatic carbocycles. The van der Waals surface area contributed by atoms with Gasteiger partial charge in [-0.25, -0.2) is 8.42 Å². The van der Waals surface area contributed by atoms with Crippen molar-refractivity contribution in [3.05, 3.63) is 35.4 Å². The van der Waals surface area contributed by atoms with Crippen LogP contribution in [0, 0.1) is 0 Å². The summed E-state index contributed by atoms with van der Waals surface area (Å²) in [6, 6.07) is 7.69. The predicted molar refractivity (Wildman–Crippen MR) is 69.8 cm³/mol. The van der Waals surface area contributed by atoms with Crippen molar-refractivity contribution in [1.82, 2.24) is 4.90 Å². The lowest BCUT2D eigenvalue weighted by molar-refractivity contribution is 0.411. The van der Waals surface area contributed by atoms with Crippen LogP contribution in [0.15, 0.2) is 24.3 Å². The number of likely N-dealkylation sites (N-methyl/N-ethyl adjacent to an activating group) is 1. The summed E-state index contributed by atoms with van der Waals surface area (Å²) in [6.07, 6.45) is 1.08. The van der Waals surface area contributed by atoms with Crippen LogP contribution in [0.1, 0.15) is 23.5 Å². The molecule has 0 radical (unpaired) electrons. The van der Waals surface area contributed by atoms with Crippen molar-refractivity contribution < 1.29 is 8.42 Å². The fourth-order valence-electron chi connectivity index (χ4n) is 2.44. The SMILES string of the molecule is CN1CCC(c2ccccc2CS(=O)(=O)Cl)C1. The van der Waals surface area contributed by atoms with Gasteiger partial charge in [-0.3, -0.25) is 0 Å². The monoisotopic (exact) mass is 273 g/mol. The third-order valence-electron chi connectivity index (χ3n) is 3.21. The van der Waals surface area contributed by atoms with Gasteiger partial charge in [0.1, 0.15) is 0 Å². The van der Waals surface area contributed by atoms with E-state index < -0.39 is 9.05 Å². The molecule has 17 heavy (non-hydrogen) atoms. The minimum Gasteiger partial charge on any atom is -0.306 e. The Morgan fingerprint density at radius 2 is 2.12 bits per heavy atom. The van der Waals surface area contributed by atoms with E-state index in [0.29, 0.717) is 5.92 Å². The van der Waals surface area contributed by atoms with Crippen molar-refractivity contribution >= 4 is 19.7 Å². The Morgan fingerprint density at radius 3 is 2.71 bits per heavy atom. The molecule has 1 heterocycles. The maximum atomic E-state index is 11.2. The van der Waals surface area contributed by atoms with Crippen molar-refractivity contribution in [3.63, 3.8) is 0 Å². The summed E-state index contributed by atoms with van der Waals surface area (Å²) >= 11 is 0. The van der Waals surface area contributed by atoms with Gasteiger partial charge in [-0.15, -0.1) is 0 Å². The second kappa shape index (κ2) is 4.96. The number of benzene rings is 1. The minimum absolute atomic E-state index is 0.0784. The molecule has 0 bridgehead atoms. The molecule has 5 heteroatoms. The zero-order valence-electron chi connectivity index (χ0n) is 9.77. The van der Waals surface area contributed by atoms with Gasteiger partial charge in [0, 0.05) is 17.2 Å². The average molecular weight is 274 g/mol. The highest BCUT2D eigenvalue weighted by molar-refractivity contribution is 8.13. The van der Waals surface area contributed by atoms with Crippen LogP contribution in [0.3, 0.4) is 0 Å². The molecular formula is C12H16ClNO2S. The van der Waals surface area contributed by atoms with E-state index in [-0.39, 0.29) is 5.75 Å². The Hall–Kier alpha value is -0.580. The van der Waals surface area contributed by atoms with E-state index in [1.807, 2.05) is 24.3 Å². The number of rotatable bonds is 3. The second-order valence-electron chi connectivity index (χ2n) is 4.63. The molecule has 0 saturated carbocycles. The Bertz CT molecular complexity index is 501. The van der Waals surface area contributed by atoms with Gasteiger partial charge < -0.3 is 4.90 Å². The van der Waals surface area contributed by atoms with Gasteiger partial charge in [0.05, 0.1) is 5.75 Å². The Kier molecular flexibility index (Phi) is 3.76. The summed E-state index contributed by atoms with van der Waals surface area (Å²) < 4.78 is 22.4. The van der Waals surface area contributed by atoms with E-state index in [0.717, 1.165) is 30.6 Å². The summed E-state index contributed by atoms with van der Waals surface area (Å²) in [5.41, 5.74) is 1.96.